The van der Waals surface area contributed by atoms with E-state index in [0.717, 1.165) is 11.1 Å². The minimum absolute atomic E-state index is 0.0504. The van der Waals surface area contributed by atoms with Crippen molar-refractivity contribution in [3.8, 4) is 0 Å². The second kappa shape index (κ2) is 12.1. The van der Waals surface area contributed by atoms with Crippen LogP contribution in [0, 0.1) is 10.5 Å². The summed E-state index contributed by atoms with van der Waals surface area (Å²) in [6.07, 6.45) is 0. The summed E-state index contributed by atoms with van der Waals surface area (Å²) in [5.74, 6) is -0.575. The third-order valence-electron chi connectivity index (χ3n) is 4.74. The first-order chi connectivity index (χ1) is 16.3. The number of aryl methyl sites for hydroxylation is 1. The van der Waals surface area contributed by atoms with Gasteiger partial charge in [-0.3, -0.25) is 0 Å². The number of nitrogens with one attached hydrogen (secondary N) is 1. The van der Waals surface area contributed by atoms with Crippen LogP contribution >= 0.6 is 20.2 Å². The molecule has 0 fully saturated rings. The summed E-state index contributed by atoms with van der Waals surface area (Å²) >= 11 is -3.27. The quantitative estimate of drug-likeness (QED) is 0.188. The molecular weight excluding hydrogens is 565 g/mol. The maximum atomic E-state index is 13.2. The molecule has 8 heteroatoms. The molecule has 0 saturated carbocycles. The molecule has 0 unspecified atom stereocenters. The SMILES string of the molecule is CCOC(=O)/C(=C(/C)NCc1ccccc1)I(OS(=O)(=O)c1ccc(C)cc1)c1ccccc1. The van der Waals surface area contributed by atoms with Gasteiger partial charge in [-0.05, 0) is 0 Å². The Labute approximate surface area is 209 Å². The van der Waals surface area contributed by atoms with Crippen LogP contribution in [0.1, 0.15) is 25.0 Å². The molecule has 34 heavy (non-hydrogen) atoms. The monoisotopic (exact) mass is 593 g/mol. The molecule has 3 aromatic carbocycles. The third-order valence-corrected chi connectivity index (χ3v) is 12.5. The number of benzene rings is 3. The molecule has 0 atom stereocenters. The minimum atomic E-state index is -4.12. The molecule has 0 aliphatic carbocycles. The topological polar surface area (TPSA) is 81.7 Å². The standard InChI is InChI=1S/C26H28INO5S/c1-4-32-26(29)25(21(3)28-19-22-11-7-5-8-12-22)27(23-13-9-6-10-14-23)33-34(30,31)24-17-15-20(2)16-18-24/h5-18,28H,4,19H2,1-3H3/b25-21+. The maximum absolute atomic E-state index is 13.2. The van der Waals surface area contributed by atoms with Gasteiger partial charge in [0.15, 0.2) is 0 Å². The Morgan fingerprint density at radius 1 is 0.912 bits per heavy atom. The van der Waals surface area contributed by atoms with E-state index in [-0.39, 0.29) is 15.1 Å². The Bertz CT molecular complexity index is 1230. The zero-order valence-electron chi connectivity index (χ0n) is 19.3. The number of ether oxygens (including phenoxy) is 1. The number of allylic oxidation sites excluding steroid dienone is 1. The fraction of sp³-hybridized carbons (Fsp3) is 0.192. The molecule has 0 aliphatic rings. The summed E-state index contributed by atoms with van der Waals surface area (Å²) in [7, 11) is -4.12. The van der Waals surface area contributed by atoms with E-state index >= 15 is 0 Å². The van der Waals surface area contributed by atoms with Crippen molar-refractivity contribution < 1.29 is 20.5 Å². The predicted octanol–water partition coefficient (Wildman–Crippen LogP) is 5.58. The fourth-order valence-electron chi connectivity index (χ4n) is 2.98. The molecule has 3 aromatic rings. The number of rotatable bonds is 10. The van der Waals surface area contributed by atoms with Crippen molar-refractivity contribution in [2.75, 3.05) is 6.61 Å². The van der Waals surface area contributed by atoms with Crippen molar-refractivity contribution in [1.29, 1.82) is 0 Å². The van der Waals surface area contributed by atoms with Gasteiger partial charge in [-0.1, -0.05) is 0 Å². The molecule has 180 valence electrons. The first-order valence-electron chi connectivity index (χ1n) is 10.7. The number of halogens is 1. The fourth-order valence-corrected chi connectivity index (χ4v) is 10.2. The van der Waals surface area contributed by atoms with Crippen LogP contribution in [0.15, 0.2) is 99.1 Å². The number of carbonyl (C=O) groups is 1. The molecule has 3 rings (SSSR count). The molecule has 0 bridgehead atoms. The second-order valence-electron chi connectivity index (χ2n) is 7.37. The van der Waals surface area contributed by atoms with Crippen LogP contribution in [0.25, 0.3) is 0 Å². The molecule has 0 aliphatic heterocycles. The molecule has 6 nitrogen and oxygen atoms in total. The number of esters is 1. The van der Waals surface area contributed by atoms with Crippen LogP contribution < -0.4 is 5.32 Å². The summed E-state index contributed by atoms with van der Waals surface area (Å²) in [6.45, 7) is 5.98. The van der Waals surface area contributed by atoms with Crippen LogP contribution in [0.5, 0.6) is 0 Å². The second-order valence-corrected chi connectivity index (χ2v) is 13.7. The van der Waals surface area contributed by atoms with Crippen LogP contribution in [-0.4, -0.2) is 21.0 Å². The number of carbonyl (C=O) groups excluding carboxylic acids is 1. The van der Waals surface area contributed by atoms with Crippen molar-refractivity contribution in [3.05, 3.63) is 109 Å². The Morgan fingerprint density at radius 3 is 2.09 bits per heavy atom. The average Bonchev–Trinajstić information content (AvgIpc) is 2.84. The normalized spacial score (nSPS) is 12.5. The Balaban J connectivity index is 2.05. The number of hydrogen-bond donors (Lipinski definition) is 1. The average molecular weight is 593 g/mol. The first-order valence-corrected chi connectivity index (χ1v) is 15.2. The molecule has 1 N–H and O–H groups in total. The Hall–Kier alpha value is -2.69. The van der Waals surface area contributed by atoms with Gasteiger partial charge in [0.1, 0.15) is 0 Å². The van der Waals surface area contributed by atoms with Gasteiger partial charge in [-0.15, -0.1) is 0 Å². The van der Waals surface area contributed by atoms with Gasteiger partial charge in [0.05, 0.1) is 0 Å². The summed E-state index contributed by atoms with van der Waals surface area (Å²) in [6, 6.07) is 25.2. The van der Waals surface area contributed by atoms with Crippen molar-refractivity contribution in [2.24, 2.45) is 0 Å². The van der Waals surface area contributed by atoms with Crippen LogP contribution in [0.4, 0.5) is 0 Å². The Morgan fingerprint density at radius 2 is 1.50 bits per heavy atom. The molecule has 0 aromatic heterocycles. The van der Waals surface area contributed by atoms with E-state index in [1.165, 1.54) is 12.1 Å². The van der Waals surface area contributed by atoms with E-state index < -0.39 is 36.3 Å². The van der Waals surface area contributed by atoms with Crippen molar-refractivity contribution in [1.82, 2.24) is 5.32 Å². The molecule has 0 radical (unpaired) electrons. The van der Waals surface area contributed by atoms with Crippen LogP contribution in [0.2, 0.25) is 0 Å². The molecular formula is C26H28INO5S. The summed E-state index contributed by atoms with van der Waals surface area (Å²) < 4.78 is 38.6. The van der Waals surface area contributed by atoms with E-state index in [4.69, 9.17) is 7.25 Å². The molecule has 0 spiro atoms. The molecule has 0 amide bonds. The van der Waals surface area contributed by atoms with Crippen LogP contribution in [-0.2, 0) is 28.7 Å². The van der Waals surface area contributed by atoms with Crippen LogP contribution in [0.3, 0.4) is 0 Å². The van der Waals surface area contributed by atoms with Gasteiger partial charge in [0.2, 0.25) is 0 Å². The van der Waals surface area contributed by atoms with E-state index in [9.17, 15) is 13.2 Å². The van der Waals surface area contributed by atoms with E-state index in [1.54, 1.807) is 50.2 Å². The third kappa shape index (κ3) is 6.91. The molecule has 0 saturated heterocycles. The van der Waals surface area contributed by atoms with Gasteiger partial charge < -0.3 is 0 Å². The first kappa shape index (κ1) is 25.9. The van der Waals surface area contributed by atoms with E-state index in [1.807, 2.05) is 43.3 Å². The zero-order valence-corrected chi connectivity index (χ0v) is 22.3. The summed E-state index contributed by atoms with van der Waals surface area (Å²) in [5, 5.41) is 3.26. The van der Waals surface area contributed by atoms with Crippen molar-refractivity contribution in [3.63, 3.8) is 0 Å². The Kier molecular flexibility index (Phi) is 9.26. The van der Waals surface area contributed by atoms with Gasteiger partial charge in [0.25, 0.3) is 0 Å². The van der Waals surface area contributed by atoms with E-state index in [2.05, 4.69) is 5.32 Å². The van der Waals surface area contributed by atoms with E-state index in [0.29, 0.717) is 15.8 Å². The number of hydrogen-bond acceptors (Lipinski definition) is 6. The predicted molar refractivity (Wildman–Crippen MR) is 141 cm³/mol. The van der Waals surface area contributed by atoms with Crippen molar-refractivity contribution in [2.45, 2.75) is 32.2 Å². The van der Waals surface area contributed by atoms with Gasteiger partial charge in [-0.2, -0.15) is 0 Å². The van der Waals surface area contributed by atoms with Gasteiger partial charge in [0, 0.05) is 0 Å². The zero-order chi connectivity index (χ0) is 24.6. The van der Waals surface area contributed by atoms with Gasteiger partial charge >= 0.3 is 210 Å². The molecule has 0 heterocycles. The van der Waals surface area contributed by atoms with Gasteiger partial charge in [-0.25, -0.2) is 0 Å². The summed E-state index contributed by atoms with van der Waals surface area (Å²) in [5.41, 5.74) is 2.50. The van der Waals surface area contributed by atoms with Crippen molar-refractivity contribution >= 4 is 36.3 Å². The summed E-state index contributed by atoms with van der Waals surface area (Å²) in [4.78, 5) is 13.2.